The Labute approximate surface area is 224 Å². The third-order valence-electron chi connectivity index (χ3n) is 6.16. The van der Waals surface area contributed by atoms with Gasteiger partial charge < -0.3 is 19.3 Å². The maximum atomic E-state index is 13.0. The van der Waals surface area contributed by atoms with E-state index in [1.807, 2.05) is 0 Å². The van der Waals surface area contributed by atoms with Crippen LogP contribution < -0.4 is 0 Å². The lowest BCUT2D eigenvalue weighted by Gasteiger charge is -2.30. The zero-order valence-corrected chi connectivity index (χ0v) is 24.3. The molecule has 0 heterocycles. The van der Waals surface area contributed by atoms with Crippen LogP contribution in [0.15, 0.2) is 0 Å². The minimum Gasteiger partial charge on any atom is -0.466 e. The molecule has 0 radical (unpaired) electrons. The number of Topliss-reactive ketones (excluding diaryl/α,β-unsaturated/α-hetero) is 1. The molecule has 8 heteroatoms. The molecule has 0 aromatic heterocycles. The fraction of sp³-hybridized carbons (Fsp3) is 0.862. The second-order valence-corrected chi connectivity index (χ2v) is 11.3. The van der Waals surface area contributed by atoms with Crippen LogP contribution >= 0.6 is 0 Å². The van der Waals surface area contributed by atoms with Gasteiger partial charge in [-0.15, -0.1) is 0 Å². The van der Waals surface area contributed by atoms with E-state index in [1.165, 1.54) is 0 Å². The fourth-order valence-electron chi connectivity index (χ4n) is 3.96. The molecular weight excluding hydrogens is 476 g/mol. The van der Waals surface area contributed by atoms with Crippen molar-refractivity contribution in [3.63, 3.8) is 0 Å². The summed E-state index contributed by atoms with van der Waals surface area (Å²) in [5, 5.41) is 11.3. The summed E-state index contributed by atoms with van der Waals surface area (Å²) in [4.78, 5) is 50.9. The van der Waals surface area contributed by atoms with Crippen molar-refractivity contribution in [2.75, 3.05) is 19.8 Å². The summed E-state index contributed by atoms with van der Waals surface area (Å²) in [7, 11) is 0. The van der Waals surface area contributed by atoms with Crippen molar-refractivity contribution >= 4 is 23.7 Å². The quantitative estimate of drug-likeness (QED) is 0.0908. The van der Waals surface area contributed by atoms with E-state index in [4.69, 9.17) is 14.2 Å². The van der Waals surface area contributed by atoms with Gasteiger partial charge >= 0.3 is 17.9 Å². The van der Waals surface area contributed by atoms with E-state index in [-0.39, 0.29) is 19.8 Å². The maximum absolute atomic E-state index is 13.0. The Morgan fingerprint density at radius 1 is 0.649 bits per heavy atom. The first kappa shape index (κ1) is 35.0. The lowest BCUT2D eigenvalue weighted by atomic mass is 9.81. The highest BCUT2D eigenvalue weighted by molar-refractivity contribution is 6.05. The molecule has 2 atom stereocenters. The lowest BCUT2D eigenvalue weighted by molar-refractivity contribution is -0.187. The lowest BCUT2D eigenvalue weighted by Crippen LogP contribution is -2.55. The molecule has 216 valence electrons. The van der Waals surface area contributed by atoms with Gasteiger partial charge in [0.15, 0.2) is 11.5 Å². The van der Waals surface area contributed by atoms with E-state index in [2.05, 4.69) is 41.5 Å². The van der Waals surface area contributed by atoms with Gasteiger partial charge in [-0.1, -0.05) is 60.8 Å². The van der Waals surface area contributed by atoms with E-state index < -0.39 is 41.6 Å². The van der Waals surface area contributed by atoms with Gasteiger partial charge in [0.05, 0.1) is 26.2 Å². The third kappa shape index (κ3) is 15.8. The average Bonchev–Trinajstić information content (AvgIpc) is 2.77. The summed E-state index contributed by atoms with van der Waals surface area (Å²) >= 11 is 0. The van der Waals surface area contributed by atoms with Crippen molar-refractivity contribution in [2.24, 2.45) is 23.7 Å². The average molecular weight is 529 g/mol. The highest BCUT2D eigenvalue weighted by Gasteiger charge is 2.54. The minimum atomic E-state index is -2.70. The van der Waals surface area contributed by atoms with E-state index in [0.717, 1.165) is 45.4 Å². The van der Waals surface area contributed by atoms with Crippen molar-refractivity contribution in [3.05, 3.63) is 0 Å². The second-order valence-electron chi connectivity index (χ2n) is 11.3. The predicted octanol–water partition coefficient (Wildman–Crippen LogP) is 5.42. The molecular formula is C29H52O8. The van der Waals surface area contributed by atoms with E-state index in [9.17, 15) is 24.3 Å². The molecule has 0 aliphatic rings. The van der Waals surface area contributed by atoms with Crippen molar-refractivity contribution < 1.29 is 38.5 Å². The topological polar surface area (TPSA) is 116 Å². The summed E-state index contributed by atoms with van der Waals surface area (Å²) in [5.74, 6) is -4.22. The SMILES string of the molecule is CC(=O)C(C(=O)OCCCCC(C)C)C(O)(CC(=O)OCCCCC(C)C)C(=O)OCCCCC(C)C. The Balaban J connectivity index is 5.38. The summed E-state index contributed by atoms with van der Waals surface area (Å²) in [6.45, 7) is 13.8. The Kier molecular flexibility index (Phi) is 18.1. The molecule has 0 spiro atoms. The molecule has 0 saturated carbocycles. The molecule has 0 aliphatic heterocycles. The summed E-state index contributed by atoms with van der Waals surface area (Å²) < 4.78 is 15.7. The summed E-state index contributed by atoms with van der Waals surface area (Å²) in [5.41, 5.74) is -2.70. The number of esters is 3. The number of hydrogen-bond donors (Lipinski definition) is 1. The first-order chi connectivity index (χ1) is 17.3. The monoisotopic (exact) mass is 528 g/mol. The van der Waals surface area contributed by atoms with Gasteiger partial charge in [0.1, 0.15) is 5.78 Å². The number of hydrogen-bond acceptors (Lipinski definition) is 8. The largest absolute Gasteiger partial charge is 0.466 e. The molecule has 0 aliphatic carbocycles. The van der Waals surface area contributed by atoms with Crippen LogP contribution in [0.2, 0.25) is 0 Å². The Hall–Kier alpha value is -1.96. The Bertz CT molecular complexity index is 685. The Morgan fingerprint density at radius 2 is 1.05 bits per heavy atom. The van der Waals surface area contributed by atoms with Gasteiger partial charge in [-0.3, -0.25) is 14.4 Å². The molecule has 0 fully saturated rings. The predicted molar refractivity (Wildman–Crippen MR) is 143 cm³/mol. The molecule has 0 saturated heterocycles. The van der Waals surface area contributed by atoms with Crippen LogP contribution in [0.5, 0.6) is 0 Å². The highest BCUT2D eigenvalue weighted by Crippen LogP contribution is 2.28. The van der Waals surface area contributed by atoms with Crippen molar-refractivity contribution in [3.8, 4) is 0 Å². The molecule has 0 amide bonds. The number of ketones is 1. The maximum Gasteiger partial charge on any atom is 0.340 e. The molecule has 0 bridgehead atoms. The standard InChI is InChI=1S/C29H52O8/c1-21(2)14-8-11-17-35-25(31)20-29(34,28(33)37-19-13-10-16-23(5)6)26(24(7)30)27(32)36-18-12-9-15-22(3)4/h21-23,26,34H,8-20H2,1-7H3. The van der Waals surface area contributed by atoms with E-state index in [0.29, 0.717) is 37.0 Å². The van der Waals surface area contributed by atoms with Gasteiger partial charge in [0.25, 0.3) is 0 Å². The molecule has 8 nitrogen and oxygen atoms in total. The molecule has 2 unspecified atom stereocenters. The summed E-state index contributed by atoms with van der Waals surface area (Å²) in [6.07, 6.45) is 6.33. The zero-order chi connectivity index (χ0) is 28.4. The normalized spacial score (nSPS) is 13.9. The van der Waals surface area contributed by atoms with Gasteiger partial charge in [0, 0.05) is 0 Å². The molecule has 0 aromatic rings. The molecule has 37 heavy (non-hydrogen) atoms. The molecule has 0 aromatic carbocycles. The second kappa shape index (κ2) is 19.2. The number of ether oxygens (including phenoxy) is 3. The van der Waals surface area contributed by atoms with E-state index in [1.54, 1.807) is 0 Å². The number of aliphatic hydroxyl groups is 1. The zero-order valence-electron chi connectivity index (χ0n) is 24.3. The van der Waals surface area contributed by atoms with Crippen LogP contribution in [0.3, 0.4) is 0 Å². The number of unbranched alkanes of at least 4 members (excludes halogenated alkanes) is 3. The van der Waals surface area contributed by atoms with Crippen molar-refractivity contribution in [2.45, 2.75) is 118 Å². The minimum absolute atomic E-state index is 0.00693. The van der Waals surface area contributed by atoms with Crippen LogP contribution in [-0.2, 0) is 33.4 Å². The van der Waals surface area contributed by atoms with Crippen LogP contribution in [0.1, 0.15) is 113 Å². The molecule has 1 N–H and O–H groups in total. The molecule has 0 rings (SSSR count). The van der Waals surface area contributed by atoms with Gasteiger partial charge in [-0.25, -0.2) is 4.79 Å². The van der Waals surface area contributed by atoms with Crippen LogP contribution in [0.4, 0.5) is 0 Å². The number of carbonyl (C=O) groups excluding carboxylic acids is 4. The smallest absolute Gasteiger partial charge is 0.340 e. The van der Waals surface area contributed by atoms with Gasteiger partial charge in [-0.2, -0.15) is 0 Å². The Morgan fingerprint density at radius 3 is 1.46 bits per heavy atom. The van der Waals surface area contributed by atoms with Crippen LogP contribution in [0, 0.1) is 23.7 Å². The van der Waals surface area contributed by atoms with Crippen molar-refractivity contribution in [1.82, 2.24) is 0 Å². The fourth-order valence-corrected chi connectivity index (χ4v) is 3.96. The first-order valence-electron chi connectivity index (χ1n) is 14.0. The van der Waals surface area contributed by atoms with Gasteiger partial charge in [-0.05, 0) is 63.2 Å². The third-order valence-corrected chi connectivity index (χ3v) is 6.16. The first-order valence-corrected chi connectivity index (χ1v) is 14.0. The van der Waals surface area contributed by atoms with Crippen molar-refractivity contribution in [1.29, 1.82) is 0 Å². The summed E-state index contributed by atoms with van der Waals surface area (Å²) in [6, 6.07) is 0. The number of rotatable bonds is 21. The van der Waals surface area contributed by atoms with E-state index >= 15 is 0 Å². The van der Waals surface area contributed by atoms with Crippen LogP contribution in [0.25, 0.3) is 0 Å². The highest BCUT2D eigenvalue weighted by atomic mass is 16.6. The number of carbonyl (C=O) groups is 4. The van der Waals surface area contributed by atoms with Crippen LogP contribution in [-0.4, -0.2) is 54.2 Å². The van der Waals surface area contributed by atoms with Gasteiger partial charge in [0.2, 0.25) is 0 Å².